The van der Waals surface area contributed by atoms with Gasteiger partial charge in [-0.1, -0.05) is 18.2 Å². The van der Waals surface area contributed by atoms with Gasteiger partial charge in [0, 0.05) is 29.5 Å². The molecule has 0 saturated carbocycles. The molecule has 0 spiro atoms. The second-order valence-electron chi connectivity index (χ2n) is 7.34. The van der Waals surface area contributed by atoms with Crippen molar-refractivity contribution in [2.75, 3.05) is 21.3 Å². The molecule has 10 nitrogen and oxygen atoms in total. The van der Waals surface area contributed by atoms with Crippen LogP contribution in [0.25, 0.3) is 0 Å². The van der Waals surface area contributed by atoms with Crippen LogP contribution in [0.5, 0.6) is 17.2 Å². The Hall–Kier alpha value is -3.37. The van der Waals surface area contributed by atoms with Crippen molar-refractivity contribution in [1.29, 1.82) is 0 Å². The molecule has 2 aliphatic heterocycles. The Bertz CT molecular complexity index is 1010. The highest BCUT2D eigenvalue weighted by atomic mass is 16.6. The number of carbonyl (C=O) groups excluding carboxylic acids is 1. The van der Waals surface area contributed by atoms with E-state index in [0.717, 1.165) is 11.1 Å². The number of nitrogens with zero attached hydrogens (tertiary/aromatic N) is 1. The minimum Gasteiger partial charge on any atom is -0.493 e. The molecule has 31 heavy (non-hydrogen) atoms. The first-order valence-electron chi connectivity index (χ1n) is 9.72. The van der Waals surface area contributed by atoms with Crippen molar-refractivity contribution in [3.63, 3.8) is 0 Å². The van der Waals surface area contributed by atoms with Gasteiger partial charge in [0.25, 0.3) is 5.69 Å². The summed E-state index contributed by atoms with van der Waals surface area (Å²) in [5.74, 6) is 0.529. The van der Waals surface area contributed by atoms with Crippen LogP contribution in [0, 0.1) is 16.0 Å². The predicted octanol–water partition coefficient (Wildman–Crippen LogP) is 2.44. The van der Waals surface area contributed by atoms with E-state index in [1.54, 1.807) is 12.1 Å². The predicted molar refractivity (Wildman–Crippen MR) is 109 cm³/mol. The monoisotopic (exact) mass is 429 g/mol. The molecule has 4 unspecified atom stereocenters. The van der Waals surface area contributed by atoms with Crippen LogP contribution in [0.1, 0.15) is 29.5 Å². The summed E-state index contributed by atoms with van der Waals surface area (Å²) >= 11 is 0. The lowest BCUT2D eigenvalue weighted by molar-refractivity contribution is -0.384. The van der Waals surface area contributed by atoms with E-state index < -0.39 is 11.2 Å². The van der Waals surface area contributed by atoms with Gasteiger partial charge in [-0.25, -0.2) is 10.9 Å². The second kappa shape index (κ2) is 8.40. The van der Waals surface area contributed by atoms with E-state index in [1.807, 2.05) is 12.1 Å². The maximum atomic E-state index is 12.4. The Morgan fingerprint density at radius 3 is 2.52 bits per heavy atom. The third kappa shape index (κ3) is 3.64. The standard InChI is InChI=1S/C21H23N3O7/c1-28-15-8-7-13(19(29-2)20(15)30-3)14-10-16(25)31-21-17(14)18(22-23-21)11-5-4-6-12(9-11)24(26)27/h4-9,14,17-18,21-23H,10H2,1-3H3. The van der Waals surface area contributed by atoms with Gasteiger partial charge in [0.05, 0.1) is 38.7 Å². The van der Waals surface area contributed by atoms with Crippen molar-refractivity contribution in [3.05, 3.63) is 57.6 Å². The number of hydrogen-bond acceptors (Lipinski definition) is 9. The summed E-state index contributed by atoms with van der Waals surface area (Å²) in [5.41, 5.74) is 7.64. The fraction of sp³-hybridized carbons (Fsp3) is 0.381. The van der Waals surface area contributed by atoms with Crippen LogP contribution in [-0.2, 0) is 9.53 Å². The molecule has 0 radical (unpaired) electrons. The zero-order valence-electron chi connectivity index (χ0n) is 17.3. The maximum Gasteiger partial charge on any atom is 0.308 e. The Kier molecular flexibility index (Phi) is 5.66. The molecular formula is C21H23N3O7. The van der Waals surface area contributed by atoms with Crippen molar-refractivity contribution >= 4 is 11.7 Å². The zero-order chi connectivity index (χ0) is 22.1. The van der Waals surface area contributed by atoms with Crippen LogP contribution >= 0.6 is 0 Å². The first kappa shape index (κ1) is 20.9. The number of hydrogen-bond donors (Lipinski definition) is 2. The summed E-state index contributed by atoms with van der Waals surface area (Å²) in [6, 6.07) is 9.71. The van der Waals surface area contributed by atoms with Crippen molar-refractivity contribution < 1.29 is 28.7 Å². The molecule has 0 aliphatic carbocycles. The van der Waals surface area contributed by atoms with Gasteiger partial charge in [0.15, 0.2) is 17.7 Å². The molecule has 2 aliphatic rings. The molecular weight excluding hydrogens is 406 g/mol. The smallest absolute Gasteiger partial charge is 0.308 e. The number of fused-ring (bicyclic) bond motifs is 1. The number of rotatable bonds is 6. The van der Waals surface area contributed by atoms with Gasteiger partial charge in [0.2, 0.25) is 5.75 Å². The van der Waals surface area contributed by atoms with E-state index in [2.05, 4.69) is 10.9 Å². The van der Waals surface area contributed by atoms with Crippen LogP contribution in [0.4, 0.5) is 5.69 Å². The average Bonchev–Trinajstić information content (AvgIpc) is 3.21. The molecule has 164 valence electrons. The van der Waals surface area contributed by atoms with E-state index in [0.29, 0.717) is 17.2 Å². The van der Waals surface area contributed by atoms with Crippen LogP contribution in [0.3, 0.4) is 0 Å². The summed E-state index contributed by atoms with van der Waals surface area (Å²) in [5, 5.41) is 11.3. The number of nitro groups is 1. The van der Waals surface area contributed by atoms with Gasteiger partial charge in [-0.15, -0.1) is 0 Å². The van der Waals surface area contributed by atoms with Gasteiger partial charge in [-0.3, -0.25) is 14.9 Å². The van der Waals surface area contributed by atoms with E-state index in [9.17, 15) is 14.9 Å². The van der Waals surface area contributed by atoms with E-state index in [4.69, 9.17) is 18.9 Å². The third-order valence-corrected chi connectivity index (χ3v) is 5.80. The molecule has 4 rings (SSSR count). The largest absolute Gasteiger partial charge is 0.493 e. The lowest BCUT2D eigenvalue weighted by Crippen LogP contribution is -2.42. The highest BCUT2D eigenvalue weighted by molar-refractivity contribution is 5.73. The van der Waals surface area contributed by atoms with Gasteiger partial charge >= 0.3 is 5.97 Å². The van der Waals surface area contributed by atoms with Crippen LogP contribution in [0.15, 0.2) is 36.4 Å². The highest BCUT2D eigenvalue weighted by Crippen LogP contribution is 2.51. The minimum atomic E-state index is -0.603. The van der Waals surface area contributed by atoms with Gasteiger partial charge < -0.3 is 18.9 Å². The quantitative estimate of drug-likeness (QED) is 0.405. The molecule has 2 saturated heterocycles. The van der Waals surface area contributed by atoms with Crippen LogP contribution < -0.4 is 25.1 Å². The Morgan fingerprint density at radius 2 is 1.84 bits per heavy atom. The van der Waals surface area contributed by atoms with Crippen molar-refractivity contribution in [2.24, 2.45) is 5.92 Å². The van der Waals surface area contributed by atoms with Gasteiger partial charge in [-0.2, -0.15) is 0 Å². The van der Waals surface area contributed by atoms with Crippen molar-refractivity contribution in [2.45, 2.75) is 24.6 Å². The molecule has 2 aromatic carbocycles. The summed E-state index contributed by atoms with van der Waals surface area (Å²) in [4.78, 5) is 23.2. The lowest BCUT2D eigenvalue weighted by Gasteiger charge is -2.35. The molecule has 2 aromatic rings. The number of benzene rings is 2. The van der Waals surface area contributed by atoms with Gasteiger partial charge in [-0.05, 0) is 11.6 Å². The molecule has 2 fully saturated rings. The fourth-order valence-corrected chi connectivity index (χ4v) is 4.47. The normalized spacial score (nSPS) is 24.8. The summed E-state index contributed by atoms with van der Waals surface area (Å²) in [7, 11) is 4.59. The minimum absolute atomic E-state index is 0.00389. The molecule has 2 N–H and O–H groups in total. The third-order valence-electron chi connectivity index (χ3n) is 5.80. The molecule has 0 bridgehead atoms. The number of hydrazine groups is 1. The molecule has 4 atom stereocenters. The van der Waals surface area contributed by atoms with Crippen molar-refractivity contribution in [3.8, 4) is 17.2 Å². The molecule has 0 amide bonds. The number of nitro benzene ring substituents is 1. The highest BCUT2D eigenvalue weighted by Gasteiger charge is 2.49. The lowest BCUT2D eigenvalue weighted by atomic mass is 9.75. The first-order valence-corrected chi connectivity index (χ1v) is 9.72. The number of non-ortho nitro benzene ring substituents is 1. The van der Waals surface area contributed by atoms with E-state index in [-0.39, 0.29) is 36.0 Å². The van der Waals surface area contributed by atoms with E-state index in [1.165, 1.54) is 33.5 Å². The number of carbonyl (C=O) groups is 1. The van der Waals surface area contributed by atoms with Crippen molar-refractivity contribution in [1.82, 2.24) is 10.9 Å². The number of methoxy groups -OCH3 is 3. The number of esters is 1. The molecule has 2 heterocycles. The molecule has 0 aromatic heterocycles. The average molecular weight is 429 g/mol. The summed E-state index contributed by atoms with van der Waals surface area (Å²) in [6.45, 7) is 0. The van der Waals surface area contributed by atoms with E-state index >= 15 is 0 Å². The van der Waals surface area contributed by atoms with Crippen LogP contribution in [-0.4, -0.2) is 38.4 Å². The Balaban J connectivity index is 1.79. The second-order valence-corrected chi connectivity index (χ2v) is 7.34. The maximum absolute atomic E-state index is 12.4. The zero-order valence-corrected chi connectivity index (χ0v) is 17.3. The fourth-order valence-electron chi connectivity index (χ4n) is 4.47. The van der Waals surface area contributed by atoms with Crippen LogP contribution in [0.2, 0.25) is 0 Å². The summed E-state index contributed by atoms with van der Waals surface area (Å²) < 4.78 is 22.1. The Morgan fingerprint density at radius 1 is 1.06 bits per heavy atom. The SMILES string of the molecule is COc1ccc(C2CC(=O)OC3NNC(c4cccc([N+](=O)[O-])c4)C32)c(OC)c1OC. The number of ether oxygens (including phenoxy) is 4. The van der Waals surface area contributed by atoms with Gasteiger partial charge in [0.1, 0.15) is 0 Å². The topological polar surface area (TPSA) is 121 Å². The summed E-state index contributed by atoms with van der Waals surface area (Å²) in [6.07, 6.45) is -0.477. The Labute approximate surface area is 178 Å². The number of nitrogens with one attached hydrogen (secondary N) is 2. The molecule has 10 heteroatoms. The first-order chi connectivity index (χ1) is 15.0.